The summed E-state index contributed by atoms with van der Waals surface area (Å²) in [5, 5.41) is 8.79. The number of nitrogens with one attached hydrogen (secondary N) is 1. The quantitative estimate of drug-likeness (QED) is 0.844. The van der Waals surface area contributed by atoms with Gasteiger partial charge in [-0.05, 0) is 25.0 Å². The summed E-state index contributed by atoms with van der Waals surface area (Å²) in [6, 6.07) is 4.10. The van der Waals surface area contributed by atoms with Crippen LogP contribution >= 0.6 is 0 Å². The Hall–Kier alpha value is -1.80. The molecule has 0 saturated heterocycles. The van der Waals surface area contributed by atoms with E-state index in [9.17, 15) is 13.2 Å². The van der Waals surface area contributed by atoms with Crippen LogP contribution in [0.15, 0.2) is 23.1 Å². The number of carboxylic acid groups (broad SMARTS) is 1. The molecule has 21 heavy (non-hydrogen) atoms. The van der Waals surface area contributed by atoms with E-state index < -0.39 is 21.9 Å². The minimum atomic E-state index is -3.68. The van der Waals surface area contributed by atoms with Crippen molar-refractivity contribution in [2.24, 2.45) is 5.92 Å². The van der Waals surface area contributed by atoms with E-state index in [0.29, 0.717) is 37.6 Å². The fraction of sp³-hybridized carbons (Fsp3) is 0.462. The van der Waals surface area contributed by atoms with Crippen LogP contribution in [0.25, 0.3) is 0 Å². The Morgan fingerprint density at radius 3 is 2.52 bits per heavy atom. The number of hydrogen-bond acceptors (Lipinski definition) is 5. The number of sulfonamides is 1. The molecular weight excluding hydrogens is 298 g/mol. The molecule has 2 aliphatic rings. The second kappa shape index (κ2) is 5.19. The molecule has 0 spiro atoms. The molecule has 1 aliphatic heterocycles. The molecule has 7 nitrogen and oxygen atoms in total. The van der Waals surface area contributed by atoms with Crippen molar-refractivity contribution < 1.29 is 27.8 Å². The summed E-state index contributed by atoms with van der Waals surface area (Å²) in [5.74, 6) is -0.418. The number of hydrogen-bond donors (Lipinski definition) is 2. The lowest BCUT2D eigenvalue weighted by Gasteiger charge is -2.32. The van der Waals surface area contributed by atoms with Crippen LogP contribution in [-0.4, -0.2) is 38.7 Å². The summed E-state index contributed by atoms with van der Waals surface area (Å²) >= 11 is 0. The fourth-order valence-electron chi connectivity index (χ4n) is 2.39. The Bertz CT molecular complexity index is 665. The number of rotatable bonds is 4. The molecule has 0 atom stereocenters. The van der Waals surface area contributed by atoms with Crippen LogP contribution in [0.5, 0.6) is 11.5 Å². The van der Waals surface area contributed by atoms with Gasteiger partial charge in [0.1, 0.15) is 13.2 Å². The van der Waals surface area contributed by atoms with E-state index in [1.807, 2.05) is 0 Å². The minimum absolute atomic E-state index is 0.0884. The summed E-state index contributed by atoms with van der Waals surface area (Å²) in [7, 11) is -3.68. The minimum Gasteiger partial charge on any atom is -0.486 e. The van der Waals surface area contributed by atoms with E-state index in [0.717, 1.165) is 0 Å². The van der Waals surface area contributed by atoms with Gasteiger partial charge in [-0.2, -0.15) is 0 Å². The smallest absolute Gasteiger partial charge is 0.306 e. The largest absolute Gasteiger partial charge is 0.486 e. The molecule has 1 heterocycles. The van der Waals surface area contributed by atoms with Crippen LogP contribution in [0.2, 0.25) is 0 Å². The van der Waals surface area contributed by atoms with Gasteiger partial charge in [-0.25, -0.2) is 13.1 Å². The lowest BCUT2D eigenvalue weighted by atomic mass is 9.81. The monoisotopic (exact) mass is 313 g/mol. The van der Waals surface area contributed by atoms with Crippen molar-refractivity contribution in [1.29, 1.82) is 0 Å². The third-order valence-corrected chi connectivity index (χ3v) is 5.15. The molecule has 0 bridgehead atoms. The SMILES string of the molecule is O=C(O)C1CC(NS(=O)(=O)c2ccc3c(c2)OCCO3)C1. The molecule has 1 aromatic rings. The maximum absolute atomic E-state index is 12.2. The van der Waals surface area contributed by atoms with Crippen molar-refractivity contribution in [3.05, 3.63) is 18.2 Å². The highest BCUT2D eigenvalue weighted by Crippen LogP contribution is 2.33. The van der Waals surface area contributed by atoms with E-state index in [2.05, 4.69) is 4.72 Å². The zero-order chi connectivity index (χ0) is 15.0. The Labute approximate surface area is 121 Å². The topological polar surface area (TPSA) is 102 Å². The lowest BCUT2D eigenvalue weighted by Crippen LogP contribution is -2.46. The van der Waals surface area contributed by atoms with Crippen LogP contribution in [0, 0.1) is 5.92 Å². The molecule has 0 radical (unpaired) electrons. The number of aliphatic carboxylic acids is 1. The summed E-state index contributed by atoms with van der Waals surface area (Å²) in [5.41, 5.74) is 0. The van der Waals surface area contributed by atoms with E-state index in [4.69, 9.17) is 14.6 Å². The average Bonchev–Trinajstić information content (AvgIpc) is 2.41. The van der Waals surface area contributed by atoms with Crippen LogP contribution in [0.4, 0.5) is 0 Å². The van der Waals surface area contributed by atoms with Gasteiger partial charge < -0.3 is 14.6 Å². The number of benzene rings is 1. The molecule has 1 saturated carbocycles. The first-order chi connectivity index (χ1) is 9.95. The first kappa shape index (κ1) is 14.2. The highest BCUT2D eigenvalue weighted by atomic mass is 32.2. The maximum Gasteiger partial charge on any atom is 0.306 e. The van der Waals surface area contributed by atoms with E-state index in [1.165, 1.54) is 12.1 Å². The molecule has 1 aromatic carbocycles. The van der Waals surface area contributed by atoms with Crippen LogP contribution in [0.1, 0.15) is 12.8 Å². The summed E-state index contributed by atoms with van der Waals surface area (Å²) in [6.07, 6.45) is 0.637. The first-order valence-electron chi connectivity index (χ1n) is 6.60. The maximum atomic E-state index is 12.2. The lowest BCUT2D eigenvalue weighted by molar-refractivity contribution is -0.145. The summed E-state index contributed by atoms with van der Waals surface area (Å²) in [4.78, 5) is 10.8. The van der Waals surface area contributed by atoms with Gasteiger partial charge in [0, 0.05) is 12.1 Å². The Morgan fingerprint density at radius 2 is 1.86 bits per heavy atom. The first-order valence-corrected chi connectivity index (χ1v) is 8.09. The third kappa shape index (κ3) is 2.81. The normalized spacial score (nSPS) is 24.2. The predicted octanol–water partition coefficient (Wildman–Crippen LogP) is 0.599. The van der Waals surface area contributed by atoms with Crippen molar-refractivity contribution in [2.45, 2.75) is 23.8 Å². The van der Waals surface area contributed by atoms with Gasteiger partial charge in [0.25, 0.3) is 0 Å². The van der Waals surface area contributed by atoms with Crippen molar-refractivity contribution in [2.75, 3.05) is 13.2 Å². The predicted molar refractivity (Wildman–Crippen MR) is 71.9 cm³/mol. The summed E-state index contributed by atoms with van der Waals surface area (Å²) < 4.78 is 37.7. The van der Waals surface area contributed by atoms with Crippen molar-refractivity contribution in [3.8, 4) is 11.5 Å². The highest BCUT2D eigenvalue weighted by Gasteiger charge is 2.37. The summed E-state index contributed by atoms with van der Waals surface area (Å²) in [6.45, 7) is 0.822. The number of carboxylic acids is 1. The van der Waals surface area contributed by atoms with E-state index >= 15 is 0 Å². The van der Waals surface area contributed by atoms with Gasteiger partial charge in [-0.3, -0.25) is 4.79 Å². The average molecular weight is 313 g/mol. The van der Waals surface area contributed by atoms with Gasteiger partial charge in [-0.1, -0.05) is 0 Å². The molecule has 0 unspecified atom stereocenters. The number of carbonyl (C=O) groups is 1. The van der Waals surface area contributed by atoms with Crippen molar-refractivity contribution in [1.82, 2.24) is 4.72 Å². The zero-order valence-electron chi connectivity index (χ0n) is 11.1. The molecule has 8 heteroatoms. The molecule has 0 amide bonds. The molecule has 1 aliphatic carbocycles. The van der Waals surface area contributed by atoms with Gasteiger partial charge in [0.2, 0.25) is 10.0 Å². The molecule has 3 rings (SSSR count). The second-order valence-electron chi connectivity index (χ2n) is 5.13. The Balaban J connectivity index is 1.72. The second-order valence-corrected chi connectivity index (χ2v) is 6.84. The van der Waals surface area contributed by atoms with Crippen molar-refractivity contribution in [3.63, 3.8) is 0 Å². The zero-order valence-corrected chi connectivity index (χ0v) is 11.9. The molecule has 114 valence electrons. The van der Waals surface area contributed by atoms with Crippen LogP contribution in [0.3, 0.4) is 0 Å². The highest BCUT2D eigenvalue weighted by molar-refractivity contribution is 7.89. The van der Waals surface area contributed by atoms with Gasteiger partial charge >= 0.3 is 5.97 Å². The molecule has 2 N–H and O–H groups in total. The van der Waals surface area contributed by atoms with Crippen LogP contribution < -0.4 is 14.2 Å². The van der Waals surface area contributed by atoms with Crippen molar-refractivity contribution >= 4 is 16.0 Å². The number of ether oxygens (including phenoxy) is 2. The molecule has 0 aromatic heterocycles. The van der Waals surface area contributed by atoms with E-state index in [-0.39, 0.29) is 10.9 Å². The fourth-order valence-corrected chi connectivity index (χ4v) is 3.67. The third-order valence-electron chi connectivity index (χ3n) is 3.63. The molecule has 1 fully saturated rings. The van der Waals surface area contributed by atoms with Gasteiger partial charge in [0.05, 0.1) is 10.8 Å². The van der Waals surface area contributed by atoms with Gasteiger partial charge in [-0.15, -0.1) is 0 Å². The van der Waals surface area contributed by atoms with Crippen LogP contribution in [-0.2, 0) is 14.8 Å². The Morgan fingerprint density at radius 1 is 1.19 bits per heavy atom. The standard InChI is InChI=1S/C13H15NO6S/c15-13(16)8-5-9(6-8)14-21(17,18)10-1-2-11-12(7-10)20-4-3-19-11/h1-2,7-9,14H,3-6H2,(H,15,16). The molecular formula is C13H15NO6S. The van der Waals surface area contributed by atoms with E-state index in [1.54, 1.807) is 6.07 Å². The number of fused-ring (bicyclic) bond motifs is 1. The van der Waals surface area contributed by atoms with Gasteiger partial charge in [0.15, 0.2) is 11.5 Å². The Kier molecular flexibility index (Phi) is 3.50.